The van der Waals surface area contributed by atoms with E-state index in [0.717, 1.165) is 24.3 Å². The number of benzene rings is 2. The molecule has 0 aromatic heterocycles. The second kappa shape index (κ2) is 9.64. The van der Waals surface area contributed by atoms with Crippen molar-refractivity contribution in [1.29, 1.82) is 0 Å². The minimum Gasteiger partial charge on any atom is -0.379 e. The summed E-state index contributed by atoms with van der Waals surface area (Å²) in [5.74, 6) is 0. The summed E-state index contributed by atoms with van der Waals surface area (Å²) in [5.41, 5.74) is 2.12. The molecule has 1 saturated heterocycles. The van der Waals surface area contributed by atoms with Crippen molar-refractivity contribution in [2.24, 2.45) is 0 Å². The Labute approximate surface area is 182 Å². The Morgan fingerprint density at radius 3 is 2.38 bits per heavy atom. The van der Waals surface area contributed by atoms with Gasteiger partial charge in [-0.15, -0.1) is 0 Å². The van der Waals surface area contributed by atoms with Crippen molar-refractivity contribution in [3.8, 4) is 0 Å². The van der Waals surface area contributed by atoms with Gasteiger partial charge < -0.3 is 9.64 Å². The Hall–Kier alpha value is -1.35. The lowest BCUT2D eigenvalue weighted by Crippen LogP contribution is -2.43. The molecular formula is C20H25Cl2N3O3S. The molecule has 1 aliphatic heterocycles. The molecule has 3 rings (SSSR count). The molecule has 0 amide bonds. The molecule has 0 radical (unpaired) electrons. The van der Waals surface area contributed by atoms with Gasteiger partial charge in [0.1, 0.15) is 4.90 Å². The zero-order valence-electron chi connectivity index (χ0n) is 16.4. The third-order valence-corrected chi connectivity index (χ3v) is 7.07. The second-order valence-electron chi connectivity index (χ2n) is 7.08. The van der Waals surface area contributed by atoms with Crippen LogP contribution in [-0.2, 0) is 14.8 Å². The number of ether oxygens (including phenoxy) is 1. The van der Waals surface area contributed by atoms with E-state index in [-0.39, 0.29) is 22.5 Å². The van der Waals surface area contributed by atoms with Crippen molar-refractivity contribution in [3.63, 3.8) is 0 Å². The summed E-state index contributed by atoms with van der Waals surface area (Å²) in [7, 11) is 0.158. The summed E-state index contributed by atoms with van der Waals surface area (Å²) < 4.78 is 33.9. The quantitative estimate of drug-likeness (QED) is 0.689. The van der Waals surface area contributed by atoms with Crippen LogP contribution in [-0.4, -0.2) is 60.3 Å². The minimum absolute atomic E-state index is 0.0182. The van der Waals surface area contributed by atoms with Gasteiger partial charge in [-0.05, 0) is 35.9 Å². The van der Waals surface area contributed by atoms with Gasteiger partial charge >= 0.3 is 0 Å². The van der Waals surface area contributed by atoms with Gasteiger partial charge in [0, 0.05) is 50.5 Å². The van der Waals surface area contributed by atoms with Crippen molar-refractivity contribution >= 4 is 38.9 Å². The molecule has 0 saturated carbocycles. The van der Waals surface area contributed by atoms with E-state index in [0.29, 0.717) is 18.2 Å². The summed E-state index contributed by atoms with van der Waals surface area (Å²) in [6, 6.07) is 12.4. The van der Waals surface area contributed by atoms with Crippen LogP contribution in [0.25, 0.3) is 0 Å². The van der Waals surface area contributed by atoms with Crippen LogP contribution in [0.4, 0.5) is 5.69 Å². The number of hydrogen-bond donors (Lipinski definition) is 1. The number of rotatable bonds is 7. The average Bonchev–Trinajstić information content (AvgIpc) is 2.71. The molecule has 1 heterocycles. The molecule has 1 aliphatic rings. The molecule has 0 spiro atoms. The number of nitrogens with zero attached hydrogens (tertiary/aromatic N) is 2. The van der Waals surface area contributed by atoms with Crippen LogP contribution in [0.15, 0.2) is 47.4 Å². The minimum atomic E-state index is -3.81. The molecule has 0 bridgehead atoms. The van der Waals surface area contributed by atoms with E-state index in [9.17, 15) is 8.42 Å². The van der Waals surface area contributed by atoms with Crippen LogP contribution in [0.1, 0.15) is 11.6 Å². The van der Waals surface area contributed by atoms with Crippen LogP contribution >= 0.6 is 23.2 Å². The topological polar surface area (TPSA) is 61.9 Å². The molecule has 1 atom stereocenters. The van der Waals surface area contributed by atoms with E-state index < -0.39 is 10.0 Å². The molecule has 9 heteroatoms. The molecule has 1 N–H and O–H groups in total. The van der Waals surface area contributed by atoms with Gasteiger partial charge in [-0.1, -0.05) is 35.3 Å². The lowest BCUT2D eigenvalue weighted by Gasteiger charge is -2.35. The first-order chi connectivity index (χ1) is 13.8. The predicted molar refractivity (Wildman–Crippen MR) is 118 cm³/mol. The number of sulfonamides is 1. The fraction of sp³-hybridized carbons (Fsp3) is 0.400. The van der Waals surface area contributed by atoms with E-state index in [1.165, 1.54) is 12.1 Å². The molecule has 1 fully saturated rings. The van der Waals surface area contributed by atoms with Gasteiger partial charge in [0.15, 0.2) is 0 Å². The van der Waals surface area contributed by atoms with E-state index in [1.54, 1.807) is 6.07 Å². The molecule has 158 valence electrons. The maximum atomic E-state index is 12.9. The fourth-order valence-electron chi connectivity index (χ4n) is 3.29. The van der Waals surface area contributed by atoms with Gasteiger partial charge in [-0.2, -0.15) is 0 Å². The fourth-order valence-corrected chi connectivity index (χ4v) is 5.09. The molecule has 6 nitrogen and oxygen atoms in total. The highest BCUT2D eigenvalue weighted by molar-refractivity contribution is 7.89. The first kappa shape index (κ1) is 22.3. The summed E-state index contributed by atoms with van der Waals surface area (Å²) in [4.78, 5) is 4.24. The smallest absolute Gasteiger partial charge is 0.242 e. The van der Waals surface area contributed by atoms with Gasteiger partial charge in [0.05, 0.1) is 18.2 Å². The average molecular weight is 458 g/mol. The number of halogens is 2. The third-order valence-electron chi connectivity index (χ3n) is 4.93. The Kier molecular flexibility index (Phi) is 7.42. The van der Waals surface area contributed by atoms with Gasteiger partial charge in [-0.3, -0.25) is 4.90 Å². The summed E-state index contributed by atoms with van der Waals surface area (Å²) in [5, 5.41) is 0.457. The highest BCUT2D eigenvalue weighted by Crippen LogP contribution is 2.27. The Morgan fingerprint density at radius 1 is 1.10 bits per heavy atom. The standard InChI is InChI=1S/C20H25Cl2N3O3S/c1-24(2)17-6-3-15(4-7-17)19(25-9-11-28-12-10-25)14-23-29(26,27)20-13-16(21)5-8-18(20)22/h3-8,13,19,23H,9-12,14H2,1-2H3. The van der Waals surface area contributed by atoms with E-state index in [2.05, 4.69) is 9.62 Å². The van der Waals surface area contributed by atoms with Crippen LogP contribution in [0.3, 0.4) is 0 Å². The predicted octanol–water partition coefficient (Wildman–Crippen LogP) is 3.41. The number of nitrogens with one attached hydrogen (secondary N) is 1. The largest absolute Gasteiger partial charge is 0.379 e. The third kappa shape index (κ3) is 5.63. The van der Waals surface area contributed by atoms with Gasteiger partial charge in [-0.25, -0.2) is 13.1 Å². The van der Waals surface area contributed by atoms with Crippen molar-refractivity contribution in [2.75, 3.05) is 51.8 Å². The van der Waals surface area contributed by atoms with Crippen molar-refractivity contribution in [2.45, 2.75) is 10.9 Å². The zero-order chi connectivity index (χ0) is 21.0. The zero-order valence-corrected chi connectivity index (χ0v) is 18.8. The van der Waals surface area contributed by atoms with Crippen LogP contribution in [0.5, 0.6) is 0 Å². The maximum Gasteiger partial charge on any atom is 0.242 e. The highest BCUT2D eigenvalue weighted by atomic mass is 35.5. The first-order valence-corrected chi connectivity index (χ1v) is 11.6. The van der Waals surface area contributed by atoms with Gasteiger partial charge in [0.2, 0.25) is 10.0 Å². The van der Waals surface area contributed by atoms with Crippen molar-refractivity contribution in [1.82, 2.24) is 9.62 Å². The Balaban J connectivity index is 1.84. The Morgan fingerprint density at radius 2 is 1.76 bits per heavy atom. The normalized spacial score (nSPS) is 16.6. The van der Waals surface area contributed by atoms with Crippen LogP contribution in [0.2, 0.25) is 10.0 Å². The molecule has 29 heavy (non-hydrogen) atoms. The maximum absolute atomic E-state index is 12.9. The number of morpholine rings is 1. The second-order valence-corrected chi connectivity index (χ2v) is 9.66. The molecule has 2 aromatic carbocycles. The molecule has 1 unspecified atom stereocenters. The van der Waals surface area contributed by atoms with Gasteiger partial charge in [0.25, 0.3) is 0 Å². The highest BCUT2D eigenvalue weighted by Gasteiger charge is 2.26. The number of anilines is 1. The van der Waals surface area contributed by atoms with Crippen LogP contribution < -0.4 is 9.62 Å². The van der Waals surface area contributed by atoms with E-state index in [4.69, 9.17) is 27.9 Å². The molecule has 2 aromatic rings. The molecular weight excluding hydrogens is 433 g/mol. The SMILES string of the molecule is CN(C)c1ccc(C(CNS(=O)(=O)c2cc(Cl)ccc2Cl)N2CCOCC2)cc1. The van der Waals surface area contributed by atoms with Crippen LogP contribution in [0, 0.1) is 0 Å². The monoisotopic (exact) mass is 457 g/mol. The Bertz CT molecular complexity index is 930. The lowest BCUT2D eigenvalue weighted by molar-refractivity contribution is 0.0172. The lowest BCUT2D eigenvalue weighted by atomic mass is 10.0. The van der Waals surface area contributed by atoms with E-state index >= 15 is 0 Å². The first-order valence-electron chi connectivity index (χ1n) is 9.32. The summed E-state index contributed by atoms with van der Waals surface area (Å²) in [6.07, 6.45) is 0. The summed E-state index contributed by atoms with van der Waals surface area (Å²) >= 11 is 12.1. The van der Waals surface area contributed by atoms with E-state index in [1.807, 2.05) is 43.3 Å². The number of hydrogen-bond acceptors (Lipinski definition) is 5. The molecule has 0 aliphatic carbocycles. The van der Waals surface area contributed by atoms with Crippen molar-refractivity contribution in [3.05, 3.63) is 58.1 Å². The summed E-state index contributed by atoms with van der Waals surface area (Å²) in [6.45, 7) is 2.93. The van der Waals surface area contributed by atoms with Crippen molar-refractivity contribution < 1.29 is 13.2 Å².